The molecule has 0 spiro atoms. The van der Waals surface area contributed by atoms with Gasteiger partial charge in [-0.1, -0.05) is 0 Å². The molecule has 1 aromatic heterocycles. The van der Waals surface area contributed by atoms with Crippen molar-refractivity contribution in [2.75, 3.05) is 6.54 Å². The third kappa shape index (κ3) is 2.38. The number of imidazole rings is 1. The van der Waals surface area contributed by atoms with Crippen LogP contribution < -0.4 is 5.73 Å². The summed E-state index contributed by atoms with van der Waals surface area (Å²) in [6.07, 6.45) is 4.08. The smallest absolute Gasteiger partial charge is 0.271 e. The molecule has 18 heavy (non-hydrogen) atoms. The largest absolute Gasteiger partial charge is 0.330 e. The molecule has 2 N–H and O–H groups in total. The van der Waals surface area contributed by atoms with E-state index in [1.165, 1.54) is 6.07 Å². The van der Waals surface area contributed by atoms with E-state index in [1.54, 1.807) is 18.5 Å². The van der Waals surface area contributed by atoms with Crippen molar-refractivity contribution in [1.82, 2.24) is 9.55 Å². The molecule has 0 radical (unpaired) electrons. The second kappa shape index (κ2) is 4.97. The van der Waals surface area contributed by atoms with E-state index in [9.17, 15) is 10.1 Å². The number of hydrogen-bond donors (Lipinski definition) is 1. The number of aromatic nitrogens is 2. The number of nitrogens with two attached hydrogens (primary N) is 1. The minimum Gasteiger partial charge on any atom is -0.330 e. The van der Waals surface area contributed by atoms with E-state index in [1.807, 2.05) is 17.6 Å². The Morgan fingerprint density at radius 2 is 2.22 bits per heavy atom. The Kier molecular flexibility index (Phi) is 3.38. The number of nitro benzene ring substituents is 1. The Hall–Kier alpha value is -2.21. The highest BCUT2D eigenvalue weighted by atomic mass is 16.6. The van der Waals surface area contributed by atoms with Crippen LogP contribution in [0.1, 0.15) is 11.4 Å². The van der Waals surface area contributed by atoms with Crippen LogP contribution in [0.5, 0.6) is 0 Å². The summed E-state index contributed by atoms with van der Waals surface area (Å²) in [7, 11) is 0. The Morgan fingerprint density at radius 3 is 2.89 bits per heavy atom. The van der Waals surface area contributed by atoms with Crippen molar-refractivity contribution in [3.63, 3.8) is 0 Å². The fourth-order valence-electron chi connectivity index (χ4n) is 1.87. The zero-order valence-corrected chi connectivity index (χ0v) is 10.0. The van der Waals surface area contributed by atoms with Crippen LogP contribution in [0.15, 0.2) is 30.6 Å². The van der Waals surface area contributed by atoms with Crippen LogP contribution >= 0.6 is 0 Å². The molecule has 0 aliphatic carbocycles. The third-order valence-electron chi connectivity index (χ3n) is 2.62. The van der Waals surface area contributed by atoms with Crippen LogP contribution in [-0.4, -0.2) is 21.0 Å². The molecule has 94 valence electrons. The predicted molar refractivity (Wildman–Crippen MR) is 67.7 cm³/mol. The van der Waals surface area contributed by atoms with Crippen molar-refractivity contribution >= 4 is 5.69 Å². The van der Waals surface area contributed by atoms with Crippen molar-refractivity contribution in [3.8, 4) is 5.69 Å². The van der Waals surface area contributed by atoms with Crippen molar-refractivity contribution in [1.29, 1.82) is 0 Å². The molecule has 0 saturated heterocycles. The van der Waals surface area contributed by atoms with Gasteiger partial charge in [0.25, 0.3) is 5.69 Å². The Balaban J connectivity index is 2.49. The molecule has 0 unspecified atom stereocenters. The number of nitro groups is 1. The van der Waals surface area contributed by atoms with E-state index in [4.69, 9.17) is 5.73 Å². The number of aryl methyl sites for hydroxylation is 1. The van der Waals surface area contributed by atoms with Gasteiger partial charge in [-0.05, 0) is 25.1 Å². The average molecular weight is 246 g/mol. The topological polar surface area (TPSA) is 87.0 Å². The second-order valence-corrected chi connectivity index (χ2v) is 4.04. The molecule has 6 nitrogen and oxygen atoms in total. The summed E-state index contributed by atoms with van der Waals surface area (Å²) >= 11 is 0. The highest BCUT2D eigenvalue weighted by molar-refractivity contribution is 5.47. The summed E-state index contributed by atoms with van der Waals surface area (Å²) in [6, 6.07) is 4.96. The molecule has 6 heteroatoms. The summed E-state index contributed by atoms with van der Waals surface area (Å²) in [5, 5.41) is 10.8. The van der Waals surface area contributed by atoms with Crippen molar-refractivity contribution < 1.29 is 4.92 Å². The van der Waals surface area contributed by atoms with Gasteiger partial charge in [0.05, 0.1) is 10.6 Å². The number of non-ortho nitro benzene ring substituents is 1. The number of benzene rings is 1. The second-order valence-electron chi connectivity index (χ2n) is 4.04. The zero-order valence-electron chi connectivity index (χ0n) is 10.0. The lowest BCUT2D eigenvalue weighted by atomic mass is 10.2. The van der Waals surface area contributed by atoms with Crippen molar-refractivity contribution in [2.24, 2.45) is 5.73 Å². The minimum atomic E-state index is -0.393. The lowest BCUT2D eigenvalue weighted by Crippen LogP contribution is -2.09. The Bertz CT molecular complexity index is 577. The maximum absolute atomic E-state index is 10.8. The summed E-state index contributed by atoms with van der Waals surface area (Å²) < 4.78 is 1.83. The van der Waals surface area contributed by atoms with E-state index in [-0.39, 0.29) is 5.69 Å². The van der Waals surface area contributed by atoms with Gasteiger partial charge in [0.15, 0.2) is 0 Å². The van der Waals surface area contributed by atoms with E-state index >= 15 is 0 Å². The molecule has 0 aliphatic rings. The fourth-order valence-corrected chi connectivity index (χ4v) is 1.87. The first-order valence-electron chi connectivity index (χ1n) is 5.60. The van der Waals surface area contributed by atoms with E-state index < -0.39 is 4.92 Å². The maximum Gasteiger partial charge on any atom is 0.271 e. The standard InChI is InChI=1S/C12H14N4O2/c1-9-6-10(8-11(7-9)16(17)18)15-5-4-14-12(15)2-3-13/h4-8H,2-3,13H2,1H3. The highest BCUT2D eigenvalue weighted by Crippen LogP contribution is 2.20. The molecule has 0 fully saturated rings. The summed E-state index contributed by atoms with van der Waals surface area (Å²) in [6.45, 7) is 2.32. The molecule has 0 bridgehead atoms. The molecule has 0 aliphatic heterocycles. The number of nitrogens with zero attached hydrogens (tertiary/aromatic N) is 3. The van der Waals surface area contributed by atoms with Gasteiger partial charge in [-0.25, -0.2) is 4.98 Å². The zero-order chi connectivity index (χ0) is 13.1. The number of hydrogen-bond acceptors (Lipinski definition) is 4. The normalized spacial score (nSPS) is 10.6. The Morgan fingerprint density at radius 1 is 1.44 bits per heavy atom. The maximum atomic E-state index is 10.8. The summed E-state index contributed by atoms with van der Waals surface area (Å²) in [5.74, 6) is 0.803. The van der Waals surface area contributed by atoms with Gasteiger partial charge >= 0.3 is 0 Å². The molecule has 1 aromatic carbocycles. The average Bonchev–Trinajstić information content (AvgIpc) is 2.77. The van der Waals surface area contributed by atoms with Crippen LogP contribution in [-0.2, 0) is 6.42 Å². The molecule has 0 atom stereocenters. The van der Waals surface area contributed by atoms with E-state index in [2.05, 4.69) is 4.98 Å². The summed E-state index contributed by atoms with van der Waals surface area (Å²) in [4.78, 5) is 14.7. The molecular weight excluding hydrogens is 232 g/mol. The molecule has 2 aromatic rings. The molecule has 0 saturated carbocycles. The van der Waals surface area contributed by atoms with Gasteiger partial charge in [-0.15, -0.1) is 0 Å². The van der Waals surface area contributed by atoms with Gasteiger partial charge in [-0.3, -0.25) is 10.1 Å². The lowest BCUT2D eigenvalue weighted by molar-refractivity contribution is -0.384. The van der Waals surface area contributed by atoms with Gasteiger partial charge in [-0.2, -0.15) is 0 Å². The van der Waals surface area contributed by atoms with Gasteiger partial charge in [0.1, 0.15) is 5.82 Å². The third-order valence-corrected chi connectivity index (χ3v) is 2.62. The predicted octanol–water partition coefficient (Wildman–Crippen LogP) is 1.59. The summed E-state index contributed by atoms with van der Waals surface area (Å²) in [5.41, 5.74) is 7.17. The molecule has 0 amide bonds. The molecule has 1 heterocycles. The van der Waals surface area contributed by atoms with E-state index in [0.29, 0.717) is 13.0 Å². The van der Waals surface area contributed by atoms with Crippen LogP contribution in [0.2, 0.25) is 0 Å². The number of rotatable bonds is 4. The van der Waals surface area contributed by atoms with Crippen molar-refractivity contribution in [2.45, 2.75) is 13.3 Å². The van der Waals surface area contributed by atoms with Gasteiger partial charge < -0.3 is 10.3 Å². The highest BCUT2D eigenvalue weighted by Gasteiger charge is 2.11. The minimum absolute atomic E-state index is 0.0809. The Labute approximate surface area is 104 Å². The molecule has 2 rings (SSSR count). The van der Waals surface area contributed by atoms with Crippen LogP contribution in [0.4, 0.5) is 5.69 Å². The first kappa shape index (κ1) is 12.3. The van der Waals surface area contributed by atoms with Crippen LogP contribution in [0, 0.1) is 17.0 Å². The fraction of sp³-hybridized carbons (Fsp3) is 0.250. The first-order valence-corrected chi connectivity index (χ1v) is 5.60. The van der Waals surface area contributed by atoms with Gasteiger partial charge in [0, 0.05) is 30.9 Å². The van der Waals surface area contributed by atoms with Crippen molar-refractivity contribution in [3.05, 3.63) is 52.1 Å². The van der Waals surface area contributed by atoms with Crippen LogP contribution in [0.25, 0.3) is 5.69 Å². The SMILES string of the molecule is Cc1cc(-n2ccnc2CCN)cc([N+](=O)[O-])c1. The first-order chi connectivity index (χ1) is 8.61. The lowest BCUT2D eigenvalue weighted by Gasteiger charge is -2.08. The van der Waals surface area contributed by atoms with Crippen LogP contribution in [0.3, 0.4) is 0 Å². The quantitative estimate of drug-likeness (QED) is 0.655. The van der Waals surface area contributed by atoms with Gasteiger partial charge in [0.2, 0.25) is 0 Å². The molecular formula is C12H14N4O2. The van der Waals surface area contributed by atoms with E-state index in [0.717, 1.165) is 17.1 Å². The monoisotopic (exact) mass is 246 g/mol.